The molecule has 1 atom stereocenters. The van der Waals surface area contributed by atoms with Crippen molar-refractivity contribution < 1.29 is 19.1 Å². The monoisotopic (exact) mass is 271 g/mol. The van der Waals surface area contributed by atoms with E-state index >= 15 is 0 Å². The first-order valence-corrected chi connectivity index (χ1v) is 6.55. The van der Waals surface area contributed by atoms with Crippen molar-refractivity contribution in [3.05, 3.63) is 34.4 Å². The first kappa shape index (κ1) is 14.3. The molecule has 6 nitrogen and oxygen atoms in total. The molecule has 0 bridgehead atoms. The van der Waals surface area contributed by atoms with Crippen LogP contribution in [0.4, 0.5) is 0 Å². The highest BCUT2D eigenvalue weighted by Gasteiger charge is 2.20. The highest BCUT2D eigenvalue weighted by Crippen LogP contribution is 2.03. The maximum absolute atomic E-state index is 11.7. The van der Waals surface area contributed by atoms with E-state index in [2.05, 4.69) is 9.73 Å². The lowest BCUT2D eigenvalue weighted by atomic mass is 10.2. The van der Waals surface area contributed by atoms with E-state index in [1.807, 2.05) is 6.26 Å². The molecule has 1 aromatic heterocycles. The molecular formula is C11H13NO5S. The number of carboxylic acids is 1. The second-order valence-electron chi connectivity index (χ2n) is 3.49. The third-order valence-corrected chi connectivity index (χ3v) is 2.82. The Bertz CT molecular complexity index is 464. The normalized spacial score (nSPS) is 11.8. The molecule has 7 heteroatoms. The summed E-state index contributed by atoms with van der Waals surface area (Å²) in [6.45, 7) is 0. The van der Waals surface area contributed by atoms with Crippen LogP contribution in [0.1, 0.15) is 16.8 Å². The zero-order chi connectivity index (χ0) is 13.5. The minimum atomic E-state index is -1.09. The molecular weight excluding hydrogens is 258 g/mol. The maximum atomic E-state index is 11.7. The third-order valence-electron chi connectivity index (χ3n) is 2.18. The van der Waals surface area contributed by atoms with Crippen LogP contribution in [0.5, 0.6) is 0 Å². The van der Waals surface area contributed by atoms with Crippen molar-refractivity contribution in [3.8, 4) is 0 Å². The zero-order valence-electron chi connectivity index (χ0n) is 9.71. The predicted octanol–water partition coefficient (Wildman–Crippen LogP) is 0.576. The van der Waals surface area contributed by atoms with Gasteiger partial charge in [-0.05, 0) is 24.5 Å². The summed E-state index contributed by atoms with van der Waals surface area (Å²) < 4.78 is 4.53. The van der Waals surface area contributed by atoms with Gasteiger partial charge in [0.2, 0.25) is 0 Å². The second kappa shape index (κ2) is 6.85. The summed E-state index contributed by atoms with van der Waals surface area (Å²) in [6, 6.07) is 1.44. The van der Waals surface area contributed by atoms with E-state index < -0.39 is 23.5 Å². The van der Waals surface area contributed by atoms with Gasteiger partial charge in [0.15, 0.2) is 0 Å². The molecule has 0 fully saturated rings. The number of hydrogen-bond acceptors (Lipinski definition) is 5. The van der Waals surface area contributed by atoms with Crippen LogP contribution in [0.2, 0.25) is 0 Å². The molecule has 0 aliphatic rings. The van der Waals surface area contributed by atoms with Crippen LogP contribution in [-0.2, 0) is 4.79 Å². The van der Waals surface area contributed by atoms with Crippen molar-refractivity contribution in [2.45, 2.75) is 12.5 Å². The molecule has 0 unspecified atom stereocenters. The summed E-state index contributed by atoms with van der Waals surface area (Å²) in [5.41, 5.74) is -0.450. The van der Waals surface area contributed by atoms with Crippen molar-refractivity contribution in [2.75, 3.05) is 12.0 Å². The van der Waals surface area contributed by atoms with Gasteiger partial charge in [-0.1, -0.05) is 0 Å². The minimum Gasteiger partial charge on any atom is -0.480 e. The Morgan fingerprint density at radius 2 is 2.22 bits per heavy atom. The third kappa shape index (κ3) is 4.25. The molecule has 0 saturated heterocycles. The molecule has 1 amide bonds. The number of carbonyl (C=O) groups excluding carboxylic acids is 1. The number of aliphatic carboxylic acids is 1. The van der Waals surface area contributed by atoms with Crippen LogP contribution in [0.25, 0.3) is 0 Å². The van der Waals surface area contributed by atoms with Crippen molar-refractivity contribution >= 4 is 23.6 Å². The van der Waals surface area contributed by atoms with Gasteiger partial charge < -0.3 is 14.8 Å². The fourth-order valence-corrected chi connectivity index (χ4v) is 1.69. The molecule has 0 spiro atoms. The number of hydrogen-bond donors (Lipinski definition) is 2. The Kier molecular flexibility index (Phi) is 5.44. The number of carboxylic acid groups (broad SMARTS) is 1. The fraction of sp³-hybridized carbons (Fsp3) is 0.364. The molecule has 98 valence electrons. The average Bonchev–Trinajstić information content (AvgIpc) is 2.34. The summed E-state index contributed by atoms with van der Waals surface area (Å²) in [7, 11) is 0. The van der Waals surface area contributed by atoms with E-state index in [1.165, 1.54) is 17.8 Å². The average molecular weight is 271 g/mol. The highest BCUT2D eigenvalue weighted by atomic mass is 32.2. The summed E-state index contributed by atoms with van der Waals surface area (Å²) in [4.78, 5) is 33.3. The largest absolute Gasteiger partial charge is 0.480 e. The van der Waals surface area contributed by atoms with Crippen LogP contribution in [0.3, 0.4) is 0 Å². The topological polar surface area (TPSA) is 96.6 Å². The Balaban J connectivity index is 2.68. The van der Waals surface area contributed by atoms with Crippen molar-refractivity contribution in [1.82, 2.24) is 5.32 Å². The molecule has 0 aliphatic heterocycles. The molecule has 0 aromatic carbocycles. The Hall–Kier alpha value is -1.76. The smallest absolute Gasteiger partial charge is 0.335 e. The number of nitrogens with one attached hydrogen (secondary N) is 1. The number of rotatable bonds is 6. The van der Waals surface area contributed by atoms with Gasteiger partial charge in [0.05, 0.1) is 5.56 Å². The Morgan fingerprint density at radius 3 is 2.72 bits per heavy atom. The predicted molar refractivity (Wildman–Crippen MR) is 66.9 cm³/mol. The Labute approximate surface area is 107 Å². The molecule has 0 aliphatic carbocycles. The van der Waals surface area contributed by atoms with Crippen molar-refractivity contribution in [3.63, 3.8) is 0 Å². The quantitative estimate of drug-likeness (QED) is 0.785. The maximum Gasteiger partial charge on any atom is 0.335 e. The minimum absolute atomic E-state index is 0.116. The number of thioether (sulfide) groups is 1. The van der Waals surface area contributed by atoms with E-state index in [0.717, 1.165) is 12.3 Å². The number of amides is 1. The van der Waals surface area contributed by atoms with Gasteiger partial charge in [-0.15, -0.1) is 0 Å². The van der Waals surface area contributed by atoms with Gasteiger partial charge in [-0.25, -0.2) is 9.59 Å². The standard InChI is InChI=1S/C11H13NO5S/c1-18-5-4-8(11(15)16)12-10(14)7-2-3-9(13)17-6-7/h2-3,6,8H,4-5H2,1H3,(H,12,14)(H,15,16)/t8-/m1/s1. The van der Waals surface area contributed by atoms with E-state index in [0.29, 0.717) is 12.2 Å². The van der Waals surface area contributed by atoms with Crippen LogP contribution >= 0.6 is 11.8 Å². The van der Waals surface area contributed by atoms with Crippen molar-refractivity contribution in [2.24, 2.45) is 0 Å². The molecule has 18 heavy (non-hydrogen) atoms. The van der Waals surface area contributed by atoms with E-state index in [9.17, 15) is 14.4 Å². The number of carbonyl (C=O) groups is 2. The van der Waals surface area contributed by atoms with Gasteiger partial charge in [0, 0.05) is 6.07 Å². The van der Waals surface area contributed by atoms with Gasteiger partial charge in [0.25, 0.3) is 5.91 Å². The summed E-state index contributed by atoms with van der Waals surface area (Å²) >= 11 is 1.50. The van der Waals surface area contributed by atoms with E-state index in [-0.39, 0.29) is 5.56 Å². The SMILES string of the molecule is CSCC[C@@H](NC(=O)c1ccc(=O)oc1)C(=O)O. The molecule has 0 saturated carbocycles. The lowest BCUT2D eigenvalue weighted by molar-refractivity contribution is -0.139. The van der Waals surface area contributed by atoms with Crippen LogP contribution in [0, 0.1) is 0 Å². The van der Waals surface area contributed by atoms with Gasteiger partial charge >= 0.3 is 11.6 Å². The lowest BCUT2D eigenvalue weighted by Crippen LogP contribution is -2.41. The van der Waals surface area contributed by atoms with Gasteiger partial charge in [0.1, 0.15) is 12.3 Å². The summed E-state index contributed by atoms with van der Waals surface area (Å²) in [6.07, 6.45) is 3.19. The van der Waals surface area contributed by atoms with Crippen LogP contribution in [-0.4, -0.2) is 35.0 Å². The second-order valence-corrected chi connectivity index (χ2v) is 4.47. The van der Waals surface area contributed by atoms with E-state index in [4.69, 9.17) is 5.11 Å². The first-order valence-electron chi connectivity index (χ1n) is 5.16. The highest BCUT2D eigenvalue weighted by molar-refractivity contribution is 7.98. The molecule has 1 rings (SSSR count). The summed E-state index contributed by atoms with van der Waals surface area (Å²) in [5.74, 6) is -1.04. The molecule has 2 N–H and O–H groups in total. The Morgan fingerprint density at radius 1 is 1.50 bits per heavy atom. The van der Waals surface area contributed by atoms with E-state index in [1.54, 1.807) is 0 Å². The zero-order valence-corrected chi connectivity index (χ0v) is 10.5. The van der Waals surface area contributed by atoms with Crippen molar-refractivity contribution in [1.29, 1.82) is 0 Å². The molecule has 1 heterocycles. The van der Waals surface area contributed by atoms with Gasteiger partial charge in [-0.2, -0.15) is 11.8 Å². The molecule has 0 radical (unpaired) electrons. The summed E-state index contributed by atoms with van der Waals surface area (Å²) in [5, 5.41) is 11.3. The molecule has 1 aromatic rings. The van der Waals surface area contributed by atoms with Crippen LogP contribution < -0.4 is 10.9 Å². The van der Waals surface area contributed by atoms with Crippen LogP contribution in [0.15, 0.2) is 27.6 Å². The lowest BCUT2D eigenvalue weighted by Gasteiger charge is -2.13. The fourth-order valence-electron chi connectivity index (χ4n) is 1.22. The first-order chi connectivity index (χ1) is 8.54. The van der Waals surface area contributed by atoms with Gasteiger partial charge in [-0.3, -0.25) is 4.79 Å².